The average Bonchev–Trinajstić information content (AvgIpc) is 3.09. The van der Waals surface area contributed by atoms with Crippen molar-refractivity contribution in [1.82, 2.24) is 15.3 Å². The van der Waals surface area contributed by atoms with Gasteiger partial charge in [-0.3, -0.25) is 0 Å². The first-order chi connectivity index (χ1) is 14.1. The fraction of sp³-hybridized carbons (Fsp3) is 0.429. The van der Waals surface area contributed by atoms with Crippen LogP contribution >= 0.6 is 24.0 Å². The molecule has 3 aromatic rings. The third-order valence-corrected chi connectivity index (χ3v) is 6.93. The zero-order valence-corrected chi connectivity index (χ0v) is 18.5. The number of anilines is 3. The Morgan fingerprint density at radius 2 is 2.00 bits per heavy atom. The second-order valence-corrected chi connectivity index (χ2v) is 9.18. The molecule has 0 radical (unpaired) electrons. The van der Waals surface area contributed by atoms with Crippen LogP contribution in [0, 0.1) is 5.92 Å². The number of hydrogen-bond acceptors (Lipinski definition) is 8. The van der Waals surface area contributed by atoms with Gasteiger partial charge in [-0.1, -0.05) is 6.92 Å². The quantitative estimate of drug-likeness (QED) is 0.364. The smallest absolute Gasteiger partial charge is 0.144 e. The number of aryl methyl sites for hydroxylation is 2. The molecule has 0 amide bonds. The van der Waals surface area contributed by atoms with Crippen LogP contribution in [0.25, 0.3) is 10.2 Å². The summed E-state index contributed by atoms with van der Waals surface area (Å²) in [4.78, 5) is 12.1. The normalized spacial score (nSPS) is 15.8. The van der Waals surface area contributed by atoms with Crippen LogP contribution in [0.5, 0.6) is 5.75 Å². The fourth-order valence-corrected chi connectivity index (χ4v) is 5.02. The zero-order valence-electron chi connectivity index (χ0n) is 16.8. The van der Waals surface area contributed by atoms with E-state index in [0.717, 1.165) is 40.5 Å². The molecule has 6 nitrogen and oxygen atoms in total. The lowest BCUT2D eigenvalue weighted by atomic mass is 9.97. The van der Waals surface area contributed by atoms with Gasteiger partial charge in [-0.15, -0.1) is 24.0 Å². The number of hydrogen-bond donors (Lipinski definition) is 4. The molecule has 0 unspecified atom stereocenters. The van der Waals surface area contributed by atoms with Crippen LogP contribution in [0.3, 0.4) is 0 Å². The largest absolute Gasteiger partial charge is 0.494 e. The number of fused-ring (bicyclic) bond motifs is 3. The van der Waals surface area contributed by atoms with Crippen molar-refractivity contribution >= 4 is 51.4 Å². The lowest BCUT2D eigenvalue weighted by Crippen LogP contribution is -2.39. The van der Waals surface area contributed by atoms with Crippen LogP contribution in [-0.4, -0.2) is 30.2 Å². The molecule has 1 saturated heterocycles. The third kappa shape index (κ3) is 4.29. The van der Waals surface area contributed by atoms with Crippen LogP contribution in [0.15, 0.2) is 23.4 Å². The molecule has 2 aliphatic rings. The Balaban J connectivity index is 0.000000359. The monoisotopic (exact) mass is 429 g/mol. The maximum atomic E-state index is 5.92. The van der Waals surface area contributed by atoms with E-state index in [1.807, 2.05) is 6.07 Å². The Morgan fingerprint density at radius 1 is 1.24 bits per heavy atom. The Hall–Kier alpha value is -2.03. The van der Waals surface area contributed by atoms with Crippen LogP contribution in [-0.2, 0) is 12.8 Å². The van der Waals surface area contributed by atoms with Crippen LogP contribution in [0.1, 0.15) is 30.2 Å². The fourth-order valence-electron chi connectivity index (χ4n) is 3.60. The summed E-state index contributed by atoms with van der Waals surface area (Å²) in [6.07, 6.45) is 6.32. The van der Waals surface area contributed by atoms with Crippen molar-refractivity contribution in [2.45, 2.75) is 37.5 Å². The van der Waals surface area contributed by atoms with Crippen molar-refractivity contribution in [3.8, 4) is 5.75 Å². The molecule has 0 bridgehead atoms. The number of rotatable bonds is 3. The second-order valence-electron chi connectivity index (χ2n) is 7.61. The summed E-state index contributed by atoms with van der Waals surface area (Å²) < 4.78 is 5.44. The van der Waals surface area contributed by atoms with Gasteiger partial charge in [0, 0.05) is 21.5 Å². The number of methoxy groups -OCH3 is 1. The molecular formula is C21H27N5OS2. The summed E-state index contributed by atoms with van der Waals surface area (Å²) in [6.45, 7) is 4.72. The average molecular weight is 430 g/mol. The number of nitrogens with zero attached hydrogens (tertiary/aromatic N) is 2. The van der Waals surface area contributed by atoms with Gasteiger partial charge in [-0.25, -0.2) is 9.97 Å². The van der Waals surface area contributed by atoms with E-state index in [-0.39, 0.29) is 0 Å². The molecular weight excluding hydrogens is 402 g/mol. The van der Waals surface area contributed by atoms with E-state index in [1.54, 1.807) is 30.8 Å². The predicted molar refractivity (Wildman–Crippen MR) is 124 cm³/mol. The maximum absolute atomic E-state index is 5.92. The summed E-state index contributed by atoms with van der Waals surface area (Å²) in [5, 5.41) is 7.69. The van der Waals surface area contributed by atoms with Crippen molar-refractivity contribution in [1.29, 1.82) is 0 Å². The molecule has 154 valence electrons. The topological polar surface area (TPSA) is 85.1 Å². The Labute approximate surface area is 180 Å². The first kappa shape index (κ1) is 20.3. The van der Waals surface area contributed by atoms with Gasteiger partial charge in [0.1, 0.15) is 22.7 Å². The number of nitrogens with two attached hydrogens (primary N) is 1. The number of thiophene rings is 1. The summed E-state index contributed by atoms with van der Waals surface area (Å²) in [5.74, 6) is 2.44. The van der Waals surface area contributed by atoms with E-state index in [0.29, 0.717) is 16.3 Å². The summed E-state index contributed by atoms with van der Waals surface area (Å²) in [7, 11) is 1.63. The van der Waals surface area contributed by atoms with Gasteiger partial charge >= 0.3 is 0 Å². The van der Waals surface area contributed by atoms with Gasteiger partial charge in [-0.2, -0.15) is 0 Å². The molecule has 4 N–H and O–H groups in total. The Morgan fingerprint density at radius 3 is 2.69 bits per heavy atom. The Bertz CT molecular complexity index is 1020. The number of ether oxygens (including phenoxy) is 1. The molecule has 29 heavy (non-hydrogen) atoms. The summed E-state index contributed by atoms with van der Waals surface area (Å²) >= 11 is 6.19. The van der Waals surface area contributed by atoms with Crippen molar-refractivity contribution in [3.05, 3.63) is 28.9 Å². The maximum Gasteiger partial charge on any atom is 0.144 e. The molecule has 0 spiro atoms. The van der Waals surface area contributed by atoms with E-state index < -0.39 is 0 Å². The molecule has 5 rings (SSSR count). The van der Waals surface area contributed by atoms with Crippen LogP contribution < -0.4 is 21.1 Å². The van der Waals surface area contributed by atoms with Gasteiger partial charge in [0.25, 0.3) is 0 Å². The summed E-state index contributed by atoms with van der Waals surface area (Å²) in [5.41, 5.74) is 8.69. The zero-order chi connectivity index (χ0) is 20.4. The molecule has 8 heteroatoms. The Kier molecular flexibility index (Phi) is 6.12. The number of benzene rings is 1. The highest BCUT2D eigenvalue weighted by Gasteiger charge is 2.20. The predicted octanol–water partition coefficient (Wildman–Crippen LogP) is 4.42. The van der Waals surface area contributed by atoms with E-state index >= 15 is 0 Å². The summed E-state index contributed by atoms with van der Waals surface area (Å²) in [6, 6.07) is 3.64. The molecule has 2 aromatic heterocycles. The van der Waals surface area contributed by atoms with Gasteiger partial charge in [0.15, 0.2) is 0 Å². The van der Waals surface area contributed by atoms with Gasteiger partial charge in [-0.05, 0) is 56.3 Å². The van der Waals surface area contributed by atoms with Crippen molar-refractivity contribution in [2.24, 2.45) is 5.92 Å². The minimum Gasteiger partial charge on any atom is -0.494 e. The molecule has 1 aromatic carbocycles. The molecule has 0 atom stereocenters. The standard InChI is InChI=1S/C17H18N4OS2.C4H9N/c1-22-12-6-10(18)13(23)7-11(12)21-16-15-9-4-2-3-5-14(9)24-17(15)20-8-19-16;1-4-2-5-3-4/h6-8,23H,2-5,18H2,1H3,(H,19,20,21);4-5H,2-3H2,1H3. The van der Waals surface area contributed by atoms with Gasteiger partial charge < -0.3 is 21.1 Å². The lowest BCUT2D eigenvalue weighted by Gasteiger charge is -2.21. The van der Waals surface area contributed by atoms with Crippen molar-refractivity contribution < 1.29 is 4.74 Å². The first-order valence-corrected chi connectivity index (χ1v) is 11.2. The van der Waals surface area contributed by atoms with E-state index in [9.17, 15) is 0 Å². The molecule has 0 saturated carbocycles. The molecule has 3 heterocycles. The second kappa shape index (κ2) is 8.77. The third-order valence-electron chi connectivity index (χ3n) is 5.34. The van der Waals surface area contributed by atoms with E-state index in [4.69, 9.17) is 10.5 Å². The highest BCUT2D eigenvalue weighted by atomic mass is 32.1. The van der Waals surface area contributed by atoms with Crippen molar-refractivity contribution in [2.75, 3.05) is 31.2 Å². The number of nitrogens with one attached hydrogen (secondary N) is 2. The lowest BCUT2D eigenvalue weighted by molar-refractivity contribution is 0.379. The highest BCUT2D eigenvalue weighted by Crippen LogP contribution is 2.40. The number of nitrogen functional groups attached to an aromatic ring is 1. The van der Waals surface area contributed by atoms with E-state index in [2.05, 4.69) is 40.2 Å². The van der Waals surface area contributed by atoms with Gasteiger partial charge in [0.2, 0.25) is 0 Å². The SMILES string of the molecule is CC1CNC1.COc1cc(N)c(S)cc1Nc1ncnc2sc3c(c12)CCCC3. The van der Waals surface area contributed by atoms with Crippen molar-refractivity contribution in [3.63, 3.8) is 0 Å². The van der Waals surface area contributed by atoms with Crippen LogP contribution in [0.4, 0.5) is 17.2 Å². The minimum absolute atomic E-state index is 0.585. The van der Waals surface area contributed by atoms with Crippen LogP contribution in [0.2, 0.25) is 0 Å². The van der Waals surface area contributed by atoms with Gasteiger partial charge in [0.05, 0.1) is 18.2 Å². The molecule has 1 aliphatic heterocycles. The highest BCUT2D eigenvalue weighted by molar-refractivity contribution is 7.80. The molecule has 1 fully saturated rings. The number of aromatic nitrogens is 2. The first-order valence-electron chi connectivity index (χ1n) is 9.96. The minimum atomic E-state index is 0.585. The van der Waals surface area contributed by atoms with E-state index in [1.165, 1.54) is 36.4 Å². The number of thiol groups is 1. The molecule has 1 aliphatic carbocycles.